The summed E-state index contributed by atoms with van der Waals surface area (Å²) in [4.78, 5) is 0. The number of ether oxygens (including phenoxy) is 1. The van der Waals surface area contributed by atoms with Gasteiger partial charge in [-0.25, -0.2) is 0 Å². The lowest BCUT2D eigenvalue weighted by Gasteiger charge is -2.28. The van der Waals surface area contributed by atoms with Gasteiger partial charge in [-0.15, -0.1) is 11.8 Å². The Labute approximate surface area is 102 Å². The summed E-state index contributed by atoms with van der Waals surface area (Å²) in [6, 6.07) is 6.39. The van der Waals surface area contributed by atoms with Crippen molar-refractivity contribution in [1.82, 2.24) is 0 Å². The van der Waals surface area contributed by atoms with E-state index in [1.807, 2.05) is 17.8 Å². The number of hydrogen-bond acceptors (Lipinski definition) is 2. The molecule has 1 aromatic rings. The summed E-state index contributed by atoms with van der Waals surface area (Å²) in [5.74, 6) is 2.01. The summed E-state index contributed by atoms with van der Waals surface area (Å²) in [7, 11) is 1.72. The number of benzene rings is 1. The summed E-state index contributed by atoms with van der Waals surface area (Å²) >= 11 is 1.88. The maximum Gasteiger partial charge on any atom is 0.119 e. The van der Waals surface area contributed by atoms with Crippen LogP contribution in [0.15, 0.2) is 23.6 Å². The highest BCUT2D eigenvalue weighted by atomic mass is 32.2. The number of fused-ring (bicyclic) bond motifs is 1. The van der Waals surface area contributed by atoms with Crippen LogP contribution in [0.4, 0.5) is 0 Å². The van der Waals surface area contributed by atoms with E-state index in [4.69, 9.17) is 4.74 Å². The van der Waals surface area contributed by atoms with E-state index < -0.39 is 0 Å². The molecule has 1 aromatic carbocycles. The maximum atomic E-state index is 5.31. The lowest BCUT2D eigenvalue weighted by molar-refractivity contribution is 0.414. The van der Waals surface area contributed by atoms with Gasteiger partial charge in [0.25, 0.3) is 0 Å². The van der Waals surface area contributed by atoms with Crippen molar-refractivity contribution < 1.29 is 4.74 Å². The zero-order valence-electron chi connectivity index (χ0n) is 10.3. The van der Waals surface area contributed by atoms with E-state index >= 15 is 0 Å². The van der Waals surface area contributed by atoms with Crippen LogP contribution in [0.5, 0.6) is 5.75 Å². The average Bonchev–Trinajstić information content (AvgIpc) is 2.26. The van der Waals surface area contributed by atoms with Crippen molar-refractivity contribution in [1.29, 1.82) is 0 Å². The molecule has 0 N–H and O–H groups in total. The van der Waals surface area contributed by atoms with Crippen molar-refractivity contribution in [2.75, 3.05) is 7.11 Å². The van der Waals surface area contributed by atoms with E-state index in [0.717, 1.165) is 11.5 Å². The Balaban J connectivity index is 2.51. The molecule has 0 fully saturated rings. The number of methoxy groups -OCH3 is 1. The third-order valence-electron chi connectivity index (χ3n) is 2.86. The number of allylic oxidation sites excluding steroid dienone is 1. The second-order valence-corrected chi connectivity index (χ2v) is 5.97. The van der Waals surface area contributed by atoms with Crippen molar-refractivity contribution in [3.8, 4) is 5.75 Å². The Morgan fingerprint density at radius 1 is 1.25 bits per heavy atom. The molecule has 1 nitrogen and oxygen atoms in total. The summed E-state index contributed by atoms with van der Waals surface area (Å²) in [5.41, 5.74) is 4.37. The van der Waals surface area contributed by atoms with Crippen molar-refractivity contribution in [3.63, 3.8) is 0 Å². The van der Waals surface area contributed by atoms with Crippen molar-refractivity contribution >= 4 is 17.3 Å². The molecule has 0 atom stereocenters. The molecule has 2 heteroatoms. The van der Waals surface area contributed by atoms with Crippen molar-refractivity contribution in [2.45, 2.75) is 26.5 Å². The standard InChI is InChI=1S/C14H18OS/c1-14(2,3)13-9-16-8-10-5-6-11(15-4)7-12(10)13/h5-7,9H,8H2,1-4H3. The molecular formula is C14H18OS. The van der Waals surface area contributed by atoms with Crippen LogP contribution in [0, 0.1) is 5.41 Å². The van der Waals surface area contributed by atoms with Crippen molar-refractivity contribution in [2.24, 2.45) is 5.41 Å². The van der Waals surface area contributed by atoms with Gasteiger partial charge in [0.1, 0.15) is 5.75 Å². The number of thioether (sulfide) groups is 1. The molecule has 0 amide bonds. The van der Waals surface area contributed by atoms with Gasteiger partial charge in [-0.2, -0.15) is 0 Å². The molecule has 0 aliphatic carbocycles. The van der Waals surface area contributed by atoms with E-state index in [1.165, 1.54) is 16.7 Å². The normalized spacial score (nSPS) is 15.4. The van der Waals surface area contributed by atoms with Gasteiger partial charge in [-0.3, -0.25) is 0 Å². The minimum atomic E-state index is 0.189. The fourth-order valence-electron chi connectivity index (χ4n) is 1.92. The molecule has 0 saturated carbocycles. The second kappa shape index (κ2) is 4.17. The molecule has 1 aliphatic rings. The highest BCUT2D eigenvalue weighted by Gasteiger charge is 2.23. The zero-order chi connectivity index (χ0) is 11.8. The van der Waals surface area contributed by atoms with Gasteiger partial charge < -0.3 is 4.74 Å². The van der Waals surface area contributed by atoms with Crippen LogP contribution in [0.3, 0.4) is 0 Å². The monoisotopic (exact) mass is 234 g/mol. The molecule has 0 saturated heterocycles. The molecule has 0 spiro atoms. The van der Waals surface area contributed by atoms with Crippen LogP contribution in [0.2, 0.25) is 0 Å². The molecule has 2 rings (SSSR count). The van der Waals surface area contributed by atoms with Gasteiger partial charge in [-0.1, -0.05) is 26.8 Å². The van der Waals surface area contributed by atoms with Gasteiger partial charge in [0.15, 0.2) is 0 Å². The third-order valence-corrected chi connectivity index (χ3v) is 3.74. The lowest BCUT2D eigenvalue weighted by Crippen LogP contribution is -2.11. The van der Waals surface area contributed by atoms with Crippen LogP contribution < -0.4 is 4.74 Å². The van der Waals surface area contributed by atoms with Crippen molar-refractivity contribution in [3.05, 3.63) is 34.7 Å². The van der Waals surface area contributed by atoms with Gasteiger partial charge in [0.2, 0.25) is 0 Å². The first-order chi connectivity index (χ1) is 7.52. The van der Waals surface area contributed by atoms with Crippen LogP contribution in [0.25, 0.3) is 5.57 Å². The number of rotatable bonds is 1. The van der Waals surface area contributed by atoms with Gasteiger partial charge in [-0.05, 0) is 39.7 Å². The Hall–Kier alpha value is -0.890. The summed E-state index contributed by atoms with van der Waals surface area (Å²) in [6.07, 6.45) is 0. The van der Waals surface area contributed by atoms with Crippen LogP contribution in [-0.4, -0.2) is 7.11 Å². The molecule has 1 heterocycles. The van der Waals surface area contributed by atoms with E-state index in [9.17, 15) is 0 Å². The predicted molar refractivity (Wildman–Crippen MR) is 71.7 cm³/mol. The topological polar surface area (TPSA) is 9.23 Å². The van der Waals surface area contributed by atoms with E-state index in [0.29, 0.717) is 0 Å². The third kappa shape index (κ3) is 2.12. The molecule has 0 radical (unpaired) electrons. The molecule has 16 heavy (non-hydrogen) atoms. The molecule has 1 aliphatic heterocycles. The summed E-state index contributed by atoms with van der Waals surface area (Å²) < 4.78 is 5.31. The van der Waals surface area contributed by atoms with E-state index in [1.54, 1.807) is 7.11 Å². The minimum absolute atomic E-state index is 0.189. The lowest BCUT2D eigenvalue weighted by atomic mass is 9.81. The quantitative estimate of drug-likeness (QED) is 0.715. The van der Waals surface area contributed by atoms with Gasteiger partial charge in [0, 0.05) is 5.75 Å². The first-order valence-corrected chi connectivity index (χ1v) is 6.57. The van der Waals surface area contributed by atoms with Crippen LogP contribution in [-0.2, 0) is 5.75 Å². The fourth-order valence-corrected chi connectivity index (χ4v) is 3.08. The van der Waals surface area contributed by atoms with Crippen LogP contribution >= 0.6 is 11.8 Å². The molecule has 0 bridgehead atoms. The Bertz CT molecular complexity index is 427. The first-order valence-electron chi connectivity index (χ1n) is 5.52. The van der Waals surface area contributed by atoms with Gasteiger partial charge in [0.05, 0.1) is 7.11 Å². The van der Waals surface area contributed by atoms with Crippen LogP contribution in [0.1, 0.15) is 31.9 Å². The predicted octanol–water partition coefficient (Wildman–Crippen LogP) is 4.33. The molecule has 0 aromatic heterocycles. The van der Waals surface area contributed by atoms with Gasteiger partial charge >= 0.3 is 0 Å². The highest BCUT2D eigenvalue weighted by molar-refractivity contribution is 8.01. The molecule has 86 valence electrons. The Morgan fingerprint density at radius 3 is 2.62 bits per heavy atom. The second-order valence-electron chi connectivity index (χ2n) is 5.12. The largest absolute Gasteiger partial charge is 0.497 e. The van der Waals surface area contributed by atoms with E-state index in [-0.39, 0.29) is 5.41 Å². The summed E-state index contributed by atoms with van der Waals surface area (Å²) in [5, 5.41) is 2.29. The minimum Gasteiger partial charge on any atom is -0.497 e. The smallest absolute Gasteiger partial charge is 0.119 e. The zero-order valence-corrected chi connectivity index (χ0v) is 11.1. The average molecular weight is 234 g/mol. The summed E-state index contributed by atoms with van der Waals surface area (Å²) in [6.45, 7) is 6.77. The molecular weight excluding hydrogens is 216 g/mol. The fraction of sp³-hybridized carbons (Fsp3) is 0.429. The molecule has 0 unspecified atom stereocenters. The first kappa shape index (κ1) is 11.6. The SMILES string of the molecule is COc1ccc2c(c1)C(C(C)(C)C)=CSC2. The highest BCUT2D eigenvalue weighted by Crippen LogP contribution is 2.42. The maximum absolute atomic E-state index is 5.31. The number of hydrogen-bond donors (Lipinski definition) is 0. The Morgan fingerprint density at radius 2 is 2.00 bits per heavy atom. The Kier molecular flexibility index (Phi) is 3.02. The van der Waals surface area contributed by atoms with E-state index in [2.05, 4.69) is 38.3 Å².